The summed E-state index contributed by atoms with van der Waals surface area (Å²) in [6.45, 7) is 1.90. The SMILES string of the molecule is CC(N)(c1nc(C2CCS(=O)(=O)C2)no1)C1CC1. The van der Waals surface area contributed by atoms with Gasteiger partial charge in [0.05, 0.1) is 17.0 Å². The highest BCUT2D eigenvalue weighted by Gasteiger charge is 2.44. The largest absolute Gasteiger partial charge is 0.337 e. The van der Waals surface area contributed by atoms with E-state index in [9.17, 15) is 8.42 Å². The topological polar surface area (TPSA) is 99.1 Å². The molecule has 0 amide bonds. The zero-order valence-corrected chi connectivity index (χ0v) is 11.1. The predicted octanol–water partition coefficient (Wildman–Crippen LogP) is 0.556. The molecule has 1 aliphatic carbocycles. The van der Waals surface area contributed by atoms with E-state index in [4.69, 9.17) is 10.3 Å². The molecule has 2 aliphatic rings. The van der Waals surface area contributed by atoms with Crippen LogP contribution in [0.5, 0.6) is 0 Å². The van der Waals surface area contributed by atoms with Crippen molar-refractivity contribution in [2.45, 2.75) is 37.6 Å². The minimum atomic E-state index is -2.93. The molecule has 3 rings (SSSR count). The number of aromatic nitrogens is 2. The van der Waals surface area contributed by atoms with Crippen LogP contribution in [0.4, 0.5) is 0 Å². The molecule has 1 aromatic heterocycles. The number of hydrogen-bond donors (Lipinski definition) is 1. The molecule has 1 aliphatic heterocycles. The Morgan fingerprint density at radius 2 is 2.11 bits per heavy atom. The fourth-order valence-corrected chi connectivity index (χ4v) is 4.21. The second-order valence-electron chi connectivity index (χ2n) is 5.61. The van der Waals surface area contributed by atoms with Crippen LogP contribution in [0.25, 0.3) is 0 Å². The van der Waals surface area contributed by atoms with Crippen LogP contribution >= 0.6 is 0 Å². The molecule has 0 aromatic carbocycles. The van der Waals surface area contributed by atoms with Crippen molar-refractivity contribution in [3.63, 3.8) is 0 Å². The van der Waals surface area contributed by atoms with Gasteiger partial charge in [-0.1, -0.05) is 5.16 Å². The molecule has 100 valence electrons. The lowest BCUT2D eigenvalue weighted by Gasteiger charge is -2.18. The Morgan fingerprint density at radius 1 is 1.39 bits per heavy atom. The molecular weight excluding hydrogens is 254 g/mol. The summed E-state index contributed by atoms with van der Waals surface area (Å²) >= 11 is 0. The van der Waals surface area contributed by atoms with Crippen LogP contribution in [-0.4, -0.2) is 30.1 Å². The molecule has 0 radical (unpaired) electrons. The summed E-state index contributed by atoms with van der Waals surface area (Å²) in [6.07, 6.45) is 2.75. The lowest BCUT2D eigenvalue weighted by molar-refractivity contribution is 0.271. The van der Waals surface area contributed by atoms with Gasteiger partial charge in [-0.05, 0) is 32.1 Å². The van der Waals surface area contributed by atoms with E-state index in [0.29, 0.717) is 24.1 Å². The smallest absolute Gasteiger partial charge is 0.246 e. The van der Waals surface area contributed by atoms with Crippen LogP contribution in [0.2, 0.25) is 0 Å². The Hall–Kier alpha value is -0.950. The zero-order chi connectivity index (χ0) is 13.0. The van der Waals surface area contributed by atoms with E-state index in [0.717, 1.165) is 12.8 Å². The third kappa shape index (κ3) is 2.05. The quantitative estimate of drug-likeness (QED) is 0.862. The fraction of sp³-hybridized carbons (Fsp3) is 0.818. The fourth-order valence-electron chi connectivity index (χ4n) is 2.48. The molecule has 2 N–H and O–H groups in total. The zero-order valence-electron chi connectivity index (χ0n) is 10.3. The standard InChI is InChI=1S/C11H17N3O3S/c1-11(12,8-2-3-8)10-13-9(14-17-10)7-4-5-18(15,16)6-7/h7-8H,2-6,12H2,1H3. The molecule has 2 unspecified atom stereocenters. The van der Waals surface area contributed by atoms with Crippen LogP contribution in [-0.2, 0) is 15.4 Å². The summed E-state index contributed by atoms with van der Waals surface area (Å²) < 4.78 is 28.1. The van der Waals surface area contributed by atoms with Crippen LogP contribution in [0.3, 0.4) is 0 Å². The third-order valence-electron chi connectivity index (χ3n) is 3.93. The molecule has 1 saturated carbocycles. The predicted molar refractivity (Wildman–Crippen MR) is 64.6 cm³/mol. The molecule has 18 heavy (non-hydrogen) atoms. The lowest BCUT2D eigenvalue weighted by atomic mass is 9.97. The maximum absolute atomic E-state index is 11.4. The van der Waals surface area contributed by atoms with Crippen molar-refractivity contribution < 1.29 is 12.9 Å². The van der Waals surface area contributed by atoms with Crippen LogP contribution < -0.4 is 5.73 Å². The normalized spacial score (nSPS) is 30.2. The average molecular weight is 271 g/mol. The molecule has 1 saturated heterocycles. The van der Waals surface area contributed by atoms with Gasteiger partial charge < -0.3 is 10.3 Å². The summed E-state index contributed by atoms with van der Waals surface area (Å²) in [5.74, 6) is 1.52. The van der Waals surface area contributed by atoms with Crippen molar-refractivity contribution in [2.24, 2.45) is 11.7 Å². The van der Waals surface area contributed by atoms with Gasteiger partial charge in [0.15, 0.2) is 15.7 Å². The number of nitrogens with two attached hydrogens (primary N) is 1. The molecule has 0 bridgehead atoms. The minimum Gasteiger partial charge on any atom is -0.337 e. The first-order valence-electron chi connectivity index (χ1n) is 6.22. The van der Waals surface area contributed by atoms with E-state index in [1.807, 2.05) is 6.92 Å². The summed E-state index contributed by atoms with van der Waals surface area (Å²) in [5.41, 5.74) is 5.61. The summed E-state index contributed by atoms with van der Waals surface area (Å²) in [6, 6.07) is 0. The Labute approximate surface area is 106 Å². The van der Waals surface area contributed by atoms with Crippen LogP contribution in [0.1, 0.15) is 43.8 Å². The second kappa shape index (κ2) is 3.77. The van der Waals surface area contributed by atoms with Crippen LogP contribution in [0.15, 0.2) is 4.52 Å². The highest BCUT2D eigenvalue weighted by molar-refractivity contribution is 7.91. The minimum absolute atomic E-state index is 0.122. The molecule has 2 heterocycles. The van der Waals surface area contributed by atoms with Gasteiger partial charge in [0, 0.05) is 5.92 Å². The molecular formula is C11H17N3O3S. The van der Waals surface area contributed by atoms with Gasteiger partial charge >= 0.3 is 0 Å². The van der Waals surface area contributed by atoms with E-state index in [-0.39, 0.29) is 17.4 Å². The van der Waals surface area contributed by atoms with Crippen molar-refractivity contribution >= 4 is 9.84 Å². The Bertz CT molecular complexity index is 560. The first-order valence-corrected chi connectivity index (χ1v) is 8.04. The van der Waals surface area contributed by atoms with E-state index in [2.05, 4.69) is 10.1 Å². The number of sulfone groups is 1. The Balaban J connectivity index is 1.82. The Kier molecular flexibility index (Phi) is 2.54. The van der Waals surface area contributed by atoms with E-state index < -0.39 is 15.4 Å². The van der Waals surface area contributed by atoms with Gasteiger partial charge in [-0.15, -0.1) is 0 Å². The van der Waals surface area contributed by atoms with Crippen molar-refractivity contribution in [1.82, 2.24) is 10.1 Å². The third-order valence-corrected chi connectivity index (χ3v) is 5.69. The molecule has 1 aromatic rings. The first kappa shape index (κ1) is 12.1. The highest BCUT2D eigenvalue weighted by atomic mass is 32.2. The highest BCUT2D eigenvalue weighted by Crippen LogP contribution is 2.43. The van der Waals surface area contributed by atoms with Gasteiger partial charge in [-0.3, -0.25) is 0 Å². The van der Waals surface area contributed by atoms with Gasteiger partial charge in [-0.2, -0.15) is 4.98 Å². The van der Waals surface area contributed by atoms with Crippen LogP contribution in [0, 0.1) is 5.92 Å². The number of nitrogens with zero attached hydrogens (tertiary/aromatic N) is 2. The first-order chi connectivity index (χ1) is 8.38. The molecule has 0 spiro atoms. The van der Waals surface area contributed by atoms with Crippen molar-refractivity contribution in [3.8, 4) is 0 Å². The van der Waals surface area contributed by atoms with Crippen molar-refractivity contribution in [2.75, 3.05) is 11.5 Å². The van der Waals surface area contributed by atoms with E-state index in [1.165, 1.54) is 0 Å². The van der Waals surface area contributed by atoms with Crippen molar-refractivity contribution in [3.05, 3.63) is 11.7 Å². The van der Waals surface area contributed by atoms with Gasteiger partial charge in [0.2, 0.25) is 5.89 Å². The van der Waals surface area contributed by atoms with E-state index in [1.54, 1.807) is 0 Å². The summed E-state index contributed by atoms with van der Waals surface area (Å²) in [7, 11) is -2.93. The summed E-state index contributed by atoms with van der Waals surface area (Å²) in [4.78, 5) is 4.32. The lowest BCUT2D eigenvalue weighted by Crippen LogP contribution is -2.35. The number of rotatable bonds is 3. The van der Waals surface area contributed by atoms with Crippen molar-refractivity contribution in [1.29, 1.82) is 0 Å². The van der Waals surface area contributed by atoms with E-state index >= 15 is 0 Å². The van der Waals surface area contributed by atoms with Gasteiger partial charge in [0.25, 0.3) is 0 Å². The molecule has 2 atom stereocenters. The van der Waals surface area contributed by atoms with Gasteiger partial charge in [-0.25, -0.2) is 8.42 Å². The molecule has 6 nitrogen and oxygen atoms in total. The number of hydrogen-bond acceptors (Lipinski definition) is 6. The monoisotopic (exact) mass is 271 g/mol. The Morgan fingerprint density at radius 3 is 2.67 bits per heavy atom. The molecule has 2 fully saturated rings. The maximum atomic E-state index is 11.4. The summed E-state index contributed by atoms with van der Waals surface area (Å²) in [5, 5.41) is 3.91. The second-order valence-corrected chi connectivity index (χ2v) is 7.84. The van der Waals surface area contributed by atoms with Gasteiger partial charge in [0.1, 0.15) is 0 Å². The maximum Gasteiger partial charge on any atom is 0.246 e. The molecule has 7 heteroatoms. The average Bonchev–Trinajstić information content (AvgIpc) is 2.92.